The average Bonchev–Trinajstić information content (AvgIpc) is 2.70. The van der Waals surface area contributed by atoms with Gasteiger partial charge in [-0.15, -0.1) is 0 Å². The summed E-state index contributed by atoms with van der Waals surface area (Å²) < 4.78 is 41.7. The van der Waals surface area contributed by atoms with Crippen LogP contribution in [0, 0.1) is 5.82 Å². The van der Waals surface area contributed by atoms with E-state index in [1.807, 2.05) is 4.90 Å². The predicted molar refractivity (Wildman–Crippen MR) is 112 cm³/mol. The SMILES string of the molecule is CCNC(=O)c1ccc(N2CCNCC2)c(NS(=O)(=O)c2ccc(F)c(Cl)c2)c1. The summed E-state index contributed by atoms with van der Waals surface area (Å²) in [4.78, 5) is 14.1. The van der Waals surface area contributed by atoms with Crippen LogP contribution in [0.3, 0.4) is 0 Å². The molecule has 2 aromatic rings. The van der Waals surface area contributed by atoms with Crippen LogP contribution >= 0.6 is 11.6 Å². The molecule has 0 atom stereocenters. The summed E-state index contributed by atoms with van der Waals surface area (Å²) in [5.74, 6) is -1.00. The van der Waals surface area contributed by atoms with E-state index in [1.54, 1.807) is 19.1 Å². The maximum atomic E-state index is 13.4. The minimum Gasteiger partial charge on any atom is -0.367 e. The Balaban J connectivity index is 2.00. The first kappa shape index (κ1) is 21.4. The molecule has 0 aromatic heterocycles. The molecule has 10 heteroatoms. The first-order chi connectivity index (χ1) is 13.8. The number of carbonyl (C=O) groups excluding carboxylic acids is 1. The number of nitrogens with zero attached hydrogens (tertiary/aromatic N) is 1. The third-order valence-corrected chi connectivity index (χ3v) is 6.15. The first-order valence-corrected chi connectivity index (χ1v) is 11.0. The van der Waals surface area contributed by atoms with Gasteiger partial charge in [-0.2, -0.15) is 0 Å². The lowest BCUT2D eigenvalue weighted by Gasteiger charge is -2.31. The van der Waals surface area contributed by atoms with Crippen molar-refractivity contribution < 1.29 is 17.6 Å². The fraction of sp³-hybridized carbons (Fsp3) is 0.316. The number of amides is 1. The zero-order valence-corrected chi connectivity index (χ0v) is 17.4. The summed E-state index contributed by atoms with van der Waals surface area (Å²) in [6.45, 7) is 5.16. The molecule has 7 nitrogen and oxygen atoms in total. The summed E-state index contributed by atoms with van der Waals surface area (Å²) in [6, 6.07) is 8.09. The van der Waals surface area contributed by atoms with Gasteiger partial charge in [-0.05, 0) is 43.3 Å². The molecular weight excluding hydrogens is 419 g/mol. The van der Waals surface area contributed by atoms with Gasteiger partial charge >= 0.3 is 0 Å². The number of halogens is 2. The Bertz CT molecular complexity index is 1010. The van der Waals surface area contributed by atoms with Gasteiger partial charge in [0.2, 0.25) is 0 Å². The monoisotopic (exact) mass is 440 g/mol. The minimum atomic E-state index is -4.04. The topological polar surface area (TPSA) is 90.5 Å². The quantitative estimate of drug-likeness (QED) is 0.642. The van der Waals surface area contributed by atoms with Gasteiger partial charge in [0, 0.05) is 38.3 Å². The molecule has 0 bridgehead atoms. The molecular formula is C19H22ClFN4O3S. The number of piperazine rings is 1. The van der Waals surface area contributed by atoms with Crippen molar-refractivity contribution in [2.75, 3.05) is 42.3 Å². The van der Waals surface area contributed by atoms with Crippen LogP contribution in [0.1, 0.15) is 17.3 Å². The van der Waals surface area contributed by atoms with Crippen molar-refractivity contribution in [3.05, 3.63) is 52.8 Å². The zero-order chi connectivity index (χ0) is 21.0. The lowest BCUT2D eigenvalue weighted by Crippen LogP contribution is -2.43. The van der Waals surface area contributed by atoms with Crippen LogP contribution in [-0.2, 0) is 10.0 Å². The lowest BCUT2D eigenvalue weighted by molar-refractivity contribution is 0.0956. The minimum absolute atomic E-state index is 0.168. The van der Waals surface area contributed by atoms with E-state index in [2.05, 4.69) is 15.4 Å². The van der Waals surface area contributed by atoms with Gasteiger partial charge in [0.1, 0.15) is 5.82 Å². The van der Waals surface area contributed by atoms with E-state index in [0.717, 1.165) is 31.3 Å². The zero-order valence-electron chi connectivity index (χ0n) is 15.8. The highest BCUT2D eigenvalue weighted by Crippen LogP contribution is 2.30. The number of sulfonamides is 1. The number of nitrogens with one attached hydrogen (secondary N) is 3. The molecule has 3 rings (SSSR count). The highest BCUT2D eigenvalue weighted by Gasteiger charge is 2.22. The second-order valence-electron chi connectivity index (χ2n) is 6.51. The van der Waals surface area contributed by atoms with Gasteiger partial charge in [-0.3, -0.25) is 9.52 Å². The molecule has 2 aromatic carbocycles. The maximum absolute atomic E-state index is 13.4. The largest absolute Gasteiger partial charge is 0.367 e. The number of anilines is 2. The van der Waals surface area contributed by atoms with Crippen molar-refractivity contribution in [3.8, 4) is 0 Å². The standard InChI is InChI=1S/C19H22ClFN4O3S/c1-2-23-19(26)13-3-6-18(25-9-7-22-8-10-25)17(11-13)24-29(27,28)14-4-5-16(21)15(20)12-14/h3-6,11-12,22,24H,2,7-10H2,1H3,(H,23,26). The Hall–Kier alpha value is -2.36. The van der Waals surface area contributed by atoms with Crippen LogP contribution in [0.5, 0.6) is 0 Å². The van der Waals surface area contributed by atoms with Gasteiger partial charge in [-0.1, -0.05) is 11.6 Å². The van der Waals surface area contributed by atoms with Crippen molar-refractivity contribution in [2.24, 2.45) is 0 Å². The van der Waals surface area contributed by atoms with Crippen LogP contribution in [0.15, 0.2) is 41.3 Å². The Kier molecular flexibility index (Phi) is 6.61. The van der Waals surface area contributed by atoms with Crippen LogP contribution in [0.4, 0.5) is 15.8 Å². The second-order valence-corrected chi connectivity index (χ2v) is 8.60. The first-order valence-electron chi connectivity index (χ1n) is 9.17. The van der Waals surface area contributed by atoms with Crippen molar-refractivity contribution in [3.63, 3.8) is 0 Å². The van der Waals surface area contributed by atoms with E-state index in [-0.39, 0.29) is 21.5 Å². The molecule has 1 aliphatic rings. The van der Waals surface area contributed by atoms with Crippen molar-refractivity contribution in [2.45, 2.75) is 11.8 Å². The fourth-order valence-electron chi connectivity index (χ4n) is 3.05. The molecule has 0 radical (unpaired) electrons. The fourth-order valence-corrected chi connectivity index (χ4v) is 4.39. The normalized spacial score (nSPS) is 14.5. The van der Waals surface area contributed by atoms with E-state index in [0.29, 0.717) is 30.9 Å². The molecule has 1 heterocycles. The Morgan fingerprint density at radius 2 is 1.93 bits per heavy atom. The van der Waals surface area contributed by atoms with Gasteiger partial charge in [0.25, 0.3) is 15.9 Å². The number of rotatable bonds is 6. The molecule has 0 saturated carbocycles. The molecule has 1 aliphatic heterocycles. The van der Waals surface area contributed by atoms with Crippen molar-refractivity contribution in [1.29, 1.82) is 0 Å². The lowest BCUT2D eigenvalue weighted by atomic mass is 10.1. The van der Waals surface area contributed by atoms with Crippen molar-refractivity contribution in [1.82, 2.24) is 10.6 Å². The highest BCUT2D eigenvalue weighted by atomic mass is 35.5. The third-order valence-electron chi connectivity index (χ3n) is 4.50. The third kappa shape index (κ3) is 4.98. The number of carbonyl (C=O) groups is 1. The van der Waals surface area contributed by atoms with E-state index in [1.165, 1.54) is 6.07 Å². The summed E-state index contributed by atoms with van der Waals surface area (Å²) >= 11 is 5.74. The van der Waals surface area contributed by atoms with E-state index >= 15 is 0 Å². The maximum Gasteiger partial charge on any atom is 0.262 e. The van der Waals surface area contributed by atoms with Gasteiger partial charge < -0.3 is 15.5 Å². The number of hydrogen-bond donors (Lipinski definition) is 3. The average molecular weight is 441 g/mol. The molecule has 1 fully saturated rings. The summed E-state index contributed by atoms with van der Waals surface area (Å²) in [5.41, 5.74) is 1.27. The van der Waals surface area contributed by atoms with Gasteiger partial charge in [0.15, 0.2) is 0 Å². The van der Waals surface area contributed by atoms with Gasteiger partial charge in [0.05, 0.1) is 21.3 Å². The van der Waals surface area contributed by atoms with E-state index in [9.17, 15) is 17.6 Å². The van der Waals surface area contributed by atoms with Crippen LogP contribution in [0.2, 0.25) is 5.02 Å². The second kappa shape index (κ2) is 8.98. The Labute approximate surface area is 174 Å². The van der Waals surface area contributed by atoms with Crippen LogP contribution in [-0.4, -0.2) is 47.0 Å². The molecule has 29 heavy (non-hydrogen) atoms. The predicted octanol–water partition coefficient (Wildman–Crippen LogP) is 2.44. The molecule has 156 valence electrons. The molecule has 1 amide bonds. The molecule has 0 spiro atoms. The Morgan fingerprint density at radius 1 is 1.21 bits per heavy atom. The highest BCUT2D eigenvalue weighted by molar-refractivity contribution is 7.92. The smallest absolute Gasteiger partial charge is 0.262 e. The summed E-state index contributed by atoms with van der Waals surface area (Å²) in [6.07, 6.45) is 0. The van der Waals surface area contributed by atoms with Gasteiger partial charge in [-0.25, -0.2) is 12.8 Å². The van der Waals surface area contributed by atoms with Crippen LogP contribution < -0.4 is 20.3 Å². The van der Waals surface area contributed by atoms with Crippen LogP contribution in [0.25, 0.3) is 0 Å². The molecule has 3 N–H and O–H groups in total. The Morgan fingerprint density at radius 3 is 2.59 bits per heavy atom. The van der Waals surface area contributed by atoms with E-state index < -0.39 is 15.8 Å². The molecule has 1 saturated heterocycles. The molecule has 0 aliphatic carbocycles. The van der Waals surface area contributed by atoms with Crippen molar-refractivity contribution >= 4 is 38.9 Å². The summed E-state index contributed by atoms with van der Waals surface area (Å²) in [5, 5.41) is 5.65. The number of benzene rings is 2. The van der Waals surface area contributed by atoms with E-state index in [4.69, 9.17) is 11.6 Å². The molecule has 0 unspecified atom stereocenters. The summed E-state index contributed by atoms with van der Waals surface area (Å²) in [7, 11) is -4.04. The number of hydrogen-bond acceptors (Lipinski definition) is 5.